The third-order valence-electron chi connectivity index (χ3n) is 18.2. The standard InChI is InChI=1S/C83H51N7/c84-52-53-32-34-54(35-33-53)73-51-74(86-83(85-73)55-18-4-1-5-19-55)60-44-63(89-77-30-16-12-26-67(77)71-48-58(38-42-81(71)89)56-36-40-79-69(46-56)65-24-10-14-28-75(65)87(79)61-20-6-2-7-21-61)50-64(45-60)90-78-31-17-13-27-68(78)72-49-59(39-43-82(72)90)57-37-41-80-70(47-57)66-25-11-15-29-76(66)88(80)62-22-8-3-9-23-62/h1-51H. The minimum Gasteiger partial charge on any atom is -0.309 e. The van der Waals surface area contributed by atoms with Crippen molar-refractivity contribution in [2.45, 2.75) is 0 Å². The summed E-state index contributed by atoms with van der Waals surface area (Å²) >= 11 is 0. The molecule has 418 valence electrons. The fourth-order valence-corrected chi connectivity index (χ4v) is 14.1. The predicted molar refractivity (Wildman–Crippen MR) is 371 cm³/mol. The average Bonchev–Trinajstić information content (AvgIpc) is 1.69. The van der Waals surface area contributed by atoms with Crippen LogP contribution in [0.25, 0.3) is 166 Å². The molecule has 5 heterocycles. The molecule has 0 unspecified atom stereocenters. The minimum atomic E-state index is 0.590. The third-order valence-corrected chi connectivity index (χ3v) is 18.2. The van der Waals surface area contributed by atoms with Crippen LogP contribution in [0.15, 0.2) is 309 Å². The number of hydrogen-bond acceptors (Lipinski definition) is 3. The molecule has 0 radical (unpaired) electrons. The van der Waals surface area contributed by atoms with E-state index in [1.54, 1.807) is 0 Å². The molecule has 5 aromatic heterocycles. The molecule has 18 rings (SSSR count). The average molecular weight is 1150 g/mol. The van der Waals surface area contributed by atoms with E-state index in [0.29, 0.717) is 11.4 Å². The Kier molecular flexibility index (Phi) is 11.5. The van der Waals surface area contributed by atoms with Crippen molar-refractivity contribution in [2.75, 3.05) is 0 Å². The first-order valence-electron chi connectivity index (χ1n) is 30.4. The van der Waals surface area contributed by atoms with Gasteiger partial charge < -0.3 is 18.3 Å². The highest BCUT2D eigenvalue weighted by molar-refractivity contribution is 6.15. The minimum absolute atomic E-state index is 0.590. The van der Waals surface area contributed by atoms with E-state index >= 15 is 0 Å². The molecule has 0 atom stereocenters. The van der Waals surface area contributed by atoms with Gasteiger partial charge in [0.2, 0.25) is 0 Å². The molecule has 13 aromatic carbocycles. The zero-order valence-electron chi connectivity index (χ0n) is 48.6. The van der Waals surface area contributed by atoms with Crippen molar-refractivity contribution in [1.82, 2.24) is 28.2 Å². The molecule has 0 amide bonds. The summed E-state index contributed by atoms with van der Waals surface area (Å²) < 4.78 is 9.60. The Morgan fingerprint density at radius 1 is 0.222 bits per heavy atom. The van der Waals surface area contributed by atoms with E-state index in [9.17, 15) is 5.26 Å². The maximum absolute atomic E-state index is 9.81. The van der Waals surface area contributed by atoms with Crippen LogP contribution < -0.4 is 0 Å². The Morgan fingerprint density at radius 3 is 0.911 bits per heavy atom. The van der Waals surface area contributed by atoms with Crippen LogP contribution in [0.5, 0.6) is 0 Å². The van der Waals surface area contributed by atoms with Gasteiger partial charge in [-0.2, -0.15) is 5.26 Å². The highest BCUT2D eigenvalue weighted by Crippen LogP contribution is 2.43. The summed E-state index contributed by atoms with van der Waals surface area (Å²) in [6.07, 6.45) is 0. The van der Waals surface area contributed by atoms with E-state index in [1.165, 1.54) is 43.6 Å². The van der Waals surface area contributed by atoms with E-state index in [2.05, 4.69) is 291 Å². The number of nitriles is 1. The smallest absolute Gasteiger partial charge is 0.160 e. The Labute approximate surface area is 517 Å². The fourth-order valence-electron chi connectivity index (χ4n) is 14.1. The van der Waals surface area contributed by atoms with Crippen LogP contribution >= 0.6 is 0 Å². The van der Waals surface area contributed by atoms with Gasteiger partial charge in [0.1, 0.15) is 0 Å². The fraction of sp³-hybridized carbons (Fsp3) is 0. The maximum Gasteiger partial charge on any atom is 0.160 e. The second-order valence-corrected chi connectivity index (χ2v) is 23.3. The normalized spacial score (nSPS) is 11.8. The van der Waals surface area contributed by atoms with Crippen LogP contribution in [0.4, 0.5) is 0 Å². The second-order valence-electron chi connectivity index (χ2n) is 23.3. The van der Waals surface area contributed by atoms with Crippen molar-refractivity contribution in [1.29, 1.82) is 5.26 Å². The molecule has 0 N–H and O–H groups in total. The van der Waals surface area contributed by atoms with Gasteiger partial charge in [0, 0.05) is 82.5 Å². The van der Waals surface area contributed by atoms with Crippen LogP contribution in [0.2, 0.25) is 0 Å². The Hall–Kier alpha value is -12.4. The molecular formula is C83H51N7. The van der Waals surface area contributed by atoms with Crippen LogP contribution in [-0.2, 0) is 0 Å². The summed E-state index contributed by atoms with van der Waals surface area (Å²) in [6.45, 7) is 0. The zero-order chi connectivity index (χ0) is 59.4. The van der Waals surface area contributed by atoms with Gasteiger partial charge >= 0.3 is 0 Å². The number of nitrogens with zero attached hydrogens (tertiary/aromatic N) is 7. The number of hydrogen-bond donors (Lipinski definition) is 0. The van der Waals surface area contributed by atoms with E-state index < -0.39 is 0 Å². The summed E-state index contributed by atoms with van der Waals surface area (Å²) in [7, 11) is 0. The van der Waals surface area contributed by atoms with E-state index in [0.717, 1.165) is 117 Å². The quantitative estimate of drug-likeness (QED) is 0.145. The highest BCUT2D eigenvalue weighted by Gasteiger charge is 2.22. The molecule has 0 spiro atoms. The monoisotopic (exact) mass is 1150 g/mol. The first-order valence-corrected chi connectivity index (χ1v) is 30.4. The van der Waals surface area contributed by atoms with Gasteiger partial charge in [-0.05, 0) is 156 Å². The maximum atomic E-state index is 9.81. The van der Waals surface area contributed by atoms with Crippen molar-refractivity contribution in [3.05, 3.63) is 315 Å². The SMILES string of the molecule is N#Cc1ccc(-c2cc(-c3cc(-n4c5ccccc5c5cc(-c6ccc7c(c6)c6ccccc6n7-c6ccccc6)ccc54)cc(-n4c5ccccc5c5cc(-c6ccc7c(c6)c6ccccc6n7-c6ccccc6)ccc54)c3)nc(-c3ccccc3)n2)cc1. The number of fused-ring (bicyclic) bond motifs is 12. The summed E-state index contributed by atoms with van der Waals surface area (Å²) in [5.74, 6) is 0.610. The zero-order valence-corrected chi connectivity index (χ0v) is 48.6. The molecule has 18 aromatic rings. The van der Waals surface area contributed by atoms with Gasteiger partial charge in [0.05, 0.1) is 67.2 Å². The second kappa shape index (κ2) is 20.4. The lowest BCUT2D eigenvalue weighted by Gasteiger charge is -2.17. The molecule has 0 aliphatic rings. The Balaban J connectivity index is 0.844. The predicted octanol–water partition coefficient (Wildman–Crippen LogP) is 21.1. The lowest BCUT2D eigenvalue weighted by Crippen LogP contribution is -2.02. The summed E-state index contributed by atoms with van der Waals surface area (Å²) in [5, 5.41) is 19.3. The van der Waals surface area contributed by atoms with Crippen LogP contribution in [0.3, 0.4) is 0 Å². The molecule has 7 nitrogen and oxygen atoms in total. The van der Waals surface area contributed by atoms with E-state index in [1.807, 2.05) is 42.5 Å². The molecular weight excluding hydrogens is 1090 g/mol. The summed E-state index contributed by atoms with van der Waals surface area (Å²) in [6, 6.07) is 113. The highest BCUT2D eigenvalue weighted by atomic mass is 15.0. The topological polar surface area (TPSA) is 69.3 Å². The summed E-state index contributed by atoms with van der Waals surface area (Å²) in [4.78, 5) is 10.7. The van der Waals surface area contributed by atoms with Crippen molar-refractivity contribution in [3.63, 3.8) is 0 Å². The van der Waals surface area contributed by atoms with E-state index in [4.69, 9.17) is 9.97 Å². The molecule has 0 fully saturated rings. The van der Waals surface area contributed by atoms with Gasteiger partial charge in [0.15, 0.2) is 5.82 Å². The molecule has 90 heavy (non-hydrogen) atoms. The van der Waals surface area contributed by atoms with Crippen LogP contribution in [0.1, 0.15) is 5.56 Å². The Bertz CT molecular complexity index is 5670. The first-order chi connectivity index (χ1) is 44.6. The molecule has 0 bridgehead atoms. The molecule has 0 saturated carbocycles. The number of benzene rings is 13. The van der Waals surface area contributed by atoms with Gasteiger partial charge in [-0.15, -0.1) is 0 Å². The lowest BCUT2D eigenvalue weighted by atomic mass is 10.0. The number of rotatable bonds is 9. The molecule has 0 aliphatic heterocycles. The van der Waals surface area contributed by atoms with Gasteiger partial charge in [-0.25, -0.2) is 9.97 Å². The van der Waals surface area contributed by atoms with Crippen LogP contribution in [-0.4, -0.2) is 28.2 Å². The molecule has 7 heteroatoms. The van der Waals surface area contributed by atoms with Crippen molar-refractivity contribution in [3.8, 4) is 85.0 Å². The largest absolute Gasteiger partial charge is 0.309 e. The Morgan fingerprint density at radius 2 is 0.533 bits per heavy atom. The van der Waals surface area contributed by atoms with E-state index in [-0.39, 0.29) is 0 Å². The molecule has 0 saturated heterocycles. The third kappa shape index (κ3) is 8.13. The number of aromatic nitrogens is 6. The first kappa shape index (κ1) is 50.9. The number of para-hydroxylation sites is 6. The van der Waals surface area contributed by atoms with Gasteiger partial charge in [-0.1, -0.05) is 176 Å². The van der Waals surface area contributed by atoms with Crippen molar-refractivity contribution >= 4 is 87.2 Å². The van der Waals surface area contributed by atoms with Crippen molar-refractivity contribution in [2.24, 2.45) is 0 Å². The lowest BCUT2D eigenvalue weighted by molar-refractivity contribution is 1.13. The van der Waals surface area contributed by atoms with Gasteiger partial charge in [-0.3, -0.25) is 0 Å². The van der Waals surface area contributed by atoms with Crippen LogP contribution in [0, 0.1) is 11.3 Å². The summed E-state index contributed by atoms with van der Waals surface area (Å²) in [5.41, 5.74) is 22.8. The van der Waals surface area contributed by atoms with Gasteiger partial charge in [0.25, 0.3) is 0 Å². The van der Waals surface area contributed by atoms with Crippen molar-refractivity contribution < 1.29 is 0 Å². The molecule has 0 aliphatic carbocycles.